The van der Waals surface area contributed by atoms with Crippen molar-refractivity contribution in [1.82, 2.24) is 4.90 Å². The van der Waals surface area contributed by atoms with Gasteiger partial charge in [-0.2, -0.15) is 0 Å². The predicted octanol–water partition coefficient (Wildman–Crippen LogP) is 4.02. The van der Waals surface area contributed by atoms with Crippen LogP contribution in [0, 0.1) is 11.8 Å². The Bertz CT molecular complexity index is 513. The minimum Gasteiger partial charge on any atom is -0.494 e. The minimum atomic E-state index is 0.805. The summed E-state index contributed by atoms with van der Waals surface area (Å²) in [5, 5.41) is 0. The summed E-state index contributed by atoms with van der Waals surface area (Å²) in [6, 6.07) is 8.46. The number of aliphatic imine (C=N–C) groups is 1. The number of ether oxygens (including phenoxy) is 1. The van der Waals surface area contributed by atoms with Crippen LogP contribution in [0.15, 0.2) is 29.3 Å². The van der Waals surface area contributed by atoms with Gasteiger partial charge in [-0.1, -0.05) is 13.8 Å². The van der Waals surface area contributed by atoms with E-state index in [1.807, 2.05) is 0 Å². The lowest BCUT2D eigenvalue weighted by molar-refractivity contribution is 0.132. The standard InChI is InChI=1S/C20H30N2O/c1-16-13-17(2)15-22(14-16)11-4-12-23-19-8-6-18(7-9-19)20-5-3-10-21-20/h6-9,16-17H,3-5,10-15H2,1-2H3/t16-,17-/m0/s1. The van der Waals surface area contributed by atoms with Crippen molar-refractivity contribution in [2.45, 2.75) is 39.5 Å². The van der Waals surface area contributed by atoms with Crippen molar-refractivity contribution < 1.29 is 4.74 Å². The van der Waals surface area contributed by atoms with Gasteiger partial charge in [0.05, 0.1) is 6.61 Å². The lowest BCUT2D eigenvalue weighted by Gasteiger charge is -2.34. The highest BCUT2D eigenvalue weighted by atomic mass is 16.5. The molecule has 126 valence electrons. The van der Waals surface area contributed by atoms with Gasteiger partial charge >= 0.3 is 0 Å². The molecule has 3 nitrogen and oxygen atoms in total. The highest BCUT2D eigenvalue weighted by molar-refractivity contribution is 6.01. The summed E-state index contributed by atoms with van der Waals surface area (Å²) in [6.07, 6.45) is 4.80. The molecule has 2 atom stereocenters. The van der Waals surface area contributed by atoms with E-state index in [1.165, 1.54) is 37.2 Å². The largest absolute Gasteiger partial charge is 0.494 e. The molecule has 23 heavy (non-hydrogen) atoms. The molecule has 0 unspecified atom stereocenters. The number of benzene rings is 1. The maximum atomic E-state index is 5.90. The van der Waals surface area contributed by atoms with E-state index in [9.17, 15) is 0 Å². The van der Waals surface area contributed by atoms with E-state index in [1.54, 1.807) is 0 Å². The van der Waals surface area contributed by atoms with Crippen molar-refractivity contribution in [3.05, 3.63) is 29.8 Å². The number of hydrogen-bond acceptors (Lipinski definition) is 3. The molecule has 3 heteroatoms. The molecule has 0 aromatic heterocycles. The third-order valence-electron chi connectivity index (χ3n) is 4.89. The van der Waals surface area contributed by atoms with Crippen LogP contribution in [-0.2, 0) is 0 Å². The Morgan fingerprint density at radius 3 is 2.52 bits per heavy atom. The Balaban J connectivity index is 1.39. The minimum absolute atomic E-state index is 0.805. The molecule has 1 saturated heterocycles. The van der Waals surface area contributed by atoms with E-state index >= 15 is 0 Å². The van der Waals surface area contributed by atoms with Gasteiger partial charge in [-0.15, -0.1) is 0 Å². The summed E-state index contributed by atoms with van der Waals surface area (Å²) < 4.78 is 5.90. The van der Waals surface area contributed by atoms with E-state index in [2.05, 4.69) is 48.0 Å². The van der Waals surface area contributed by atoms with E-state index in [0.717, 1.165) is 50.1 Å². The molecule has 0 saturated carbocycles. The van der Waals surface area contributed by atoms with Gasteiger partial charge in [0.2, 0.25) is 0 Å². The third-order valence-corrected chi connectivity index (χ3v) is 4.89. The van der Waals surface area contributed by atoms with Gasteiger partial charge in [-0.05, 0) is 67.3 Å². The zero-order valence-electron chi connectivity index (χ0n) is 14.6. The second kappa shape index (κ2) is 7.96. The van der Waals surface area contributed by atoms with Crippen LogP contribution in [0.2, 0.25) is 0 Å². The Hall–Kier alpha value is -1.35. The second-order valence-corrected chi connectivity index (χ2v) is 7.36. The molecule has 2 heterocycles. The van der Waals surface area contributed by atoms with Crippen molar-refractivity contribution in [2.75, 3.05) is 32.8 Å². The molecule has 2 aliphatic heterocycles. The average Bonchev–Trinajstić information content (AvgIpc) is 3.06. The van der Waals surface area contributed by atoms with Crippen molar-refractivity contribution in [2.24, 2.45) is 16.8 Å². The highest BCUT2D eigenvalue weighted by Crippen LogP contribution is 2.21. The summed E-state index contributed by atoms with van der Waals surface area (Å²) in [5.74, 6) is 2.66. The highest BCUT2D eigenvalue weighted by Gasteiger charge is 2.21. The summed E-state index contributed by atoms with van der Waals surface area (Å²) in [6.45, 7) is 10.2. The topological polar surface area (TPSA) is 24.8 Å². The van der Waals surface area contributed by atoms with Crippen molar-refractivity contribution in [1.29, 1.82) is 0 Å². The van der Waals surface area contributed by atoms with Gasteiger partial charge in [0.25, 0.3) is 0 Å². The van der Waals surface area contributed by atoms with Crippen LogP contribution < -0.4 is 4.74 Å². The molecule has 0 bridgehead atoms. The fourth-order valence-corrected chi connectivity index (χ4v) is 3.97. The average molecular weight is 314 g/mol. The summed E-state index contributed by atoms with van der Waals surface area (Å²) in [5.41, 5.74) is 2.51. The zero-order valence-corrected chi connectivity index (χ0v) is 14.6. The Labute approximate surface area is 140 Å². The molecule has 1 aromatic rings. The van der Waals surface area contributed by atoms with Crippen LogP contribution in [0.5, 0.6) is 5.75 Å². The maximum Gasteiger partial charge on any atom is 0.119 e. The summed E-state index contributed by atoms with van der Waals surface area (Å²) in [7, 11) is 0. The SMILES string of the molecule is C[C@H]1C[C@H](C)CN(CCCOc2ccc(C3=NCCC3)cc2)C1. The number of nitrogens with zero attached hydrogens (tertiary/aromatic N) is 2. The van der Waals surface area contributed by atoms with Gasteiger partial charge in [0.15, 0.2) is 0 Å². The van der Waals surface area contributed by atoms with E-state index in [-0.39, 0.29) is 0 Å². The lowest BCUT2D eigenvalue weighted by atomic mass is 9.92. The van der Waals surface area contributed by atoms with Crippen LogP contribution in [0.3, 0.4) is 0 Å². The molecule has 3 rings (SSSR count). The third kappa shape index (κ3) is 4.81. The van der Waals surface area contributed by atoms with E-state index < -0.39 is 0 Å². The predicted molar refractivity (Wildman–Crippen MR) is 96.6 cm³/mol. The molecule has 1 aromatic carbocycles. The first-order valence-electron chi connectivity index (χ1n) is 9.19. The maximum absolute atomic E-state index is 5.90. The first-order chi connectivity index (χ1) is 11.2. The fraction of sp³-hybridized carbons (Fsp3) is 0.650. The summed E-state index contributed by atoms with van der Waals surface area (Å²) >= 11 is 0. The molecule has 0 N–H and O–H groups in total. The number of likely N-dealkylation sites (tertiary alicyclic amines) is 1. The first kappa shape index (κ1) is 16.5. The van der Waals surface area contributed by atoms with Crippen molar-refractivity contribution >= 4 is 5.71 Å². The van der Waals surface area contributed by atoms with Crippen LogP contribution in [0.25, 0.3) is 0 Å². The Morgan fingerprint density at radius 2 is 1.87 bits per heavy atom. The smallest absolute Gasteiger partial charge is 0.119 e. The van der Waals surface area contributed by atoms with Gasteiger partial charge in [-0.3, -0.25) is 4.99 Å². The van der Waals surface area contributed by atoms with E-state index in [4.69, 9.17) is 4.74 Å². The monoisotopic (exact) mass is 314 g/mol. The van der Waals surface area contributed by atoms with Crippen LogP contribution in [0.1, 0.15) is 45.1 Å². The van der Waals surface area contributed by atoms with Crippen LogP contribution in [-0.4, -0.2) is 43.4 Å². The molecule has 1 fully saturated rings. The summed E-state index contributed by atoms with van der Waals surface area (Å²) in [4.78, 5) is 7.15. The quantitative estimate of drug-likeness (QED) is 0.741. The fourth-order valence-electron chi connectivity index (χ4n) is 3.97. The molecule has 0 spiro atoms. The number of hydrogen-bond donors (Lipinski definition) is 0. The second-order valence-electron chi connectivity index (χ2n) is 7.36. The molecule has 0 amide bonds. The Morgan fingerprint density at radius 1 is 1.13 bits per heavy atom. The van der Waals surface area contributed by atoms with Crippen LogP contribution in [0.4, 0.5) is 0 Å². The van der Waals surface area contributed by atoms with Gasteiger partial charge in [0, 0.05) is 31.9 Å². The molecule has 0 aliphatic carbocycles. The van der Waals surface area contributed by atoms with Crippen LogP contribution >= 0.6 is 0 Å². The first-order valence-corrected chi connectivity index (χ1v) is 9.19. The van der Waals surface area contributed by atoms with Crippen molar-refractivity contribution in [3.8, 4) is 5.75 Å². The van der Waals surface area contributed by atoms with Gasteiger partial charge in [-0.25, -0.2) is 0 Å². The molecule has 0 radical (unpaired) electrons. The Kier molecular flexibility index (Phi) is 5.71. The van der Waals surface area contributed by atoms with Gasteiger partial charge in [0.1, 0.15) is 5.75 Å². The zero-order chi connectivity index (χ0) is 16.1. The molecular weight excluding hydrogens is 284 g/mol. The van der Waals surface area contributed by atoms with Crippen molar-refractivity contribution in [3.63, 3.8) is 0 Å². The molecular formula is C20H30N2O. The van der Waals surface area contributed by atoms with E-state index in [0.29, 0.717) is 0 Å². The lowest BCUT2D eigenvalue weighted by Crippen LogP contribution is -2.39. The molecule has 2 aliphatic rings. The number of rotatable bonds is 6. The van der Waals surface area contributed by atoms with Gasteiger partial charge < -0.3 is 9.64 Å². The number of piperidine rings is 1. The normalized spacial score (nSPS) is 25.4.